The van der Waals surface area contributed by atoms with E-state index in [0.29, 0.717) is 87.9 Å². The summed E-state index contributed by atoms with van der Waals surface area (Å²) in [5, 5.41) is 25.3. The fourth-order valence-electron chi connectivity index (χ4n) is 11.1. The molecule has 0 bridgehead atoms. The van der Waals surface area contributed by atoms with Gasteiger partial charge in [0, 0.05) is 59.8 Å². The van der Waals surface area contributed by atoms with E-state index < -0.39 is 102 Å². The Morgan fingerprint density at radius 3 is 2.35 bits per heavy atom. The number of nitrogens with one attached hydrogen (secondary N) is 5. The largest absolute Gasteiger partial charge is 0.458 e. The highest BCUT2D eigenvalue weighted by Gasteiger charge is 2.48. The lowest BCUT2D eigenvalue weighted by atomic mass is 9.81. The lowest BCUT2D eigenvalue weighted by Crippen LogP contribution is -2.50. The zero-order valence-electron chi connectivity index (χ0n) is 46.4. The van der Waals surface area contributed by atoms with Crippen LogP contribution in [0.1, 0.15) is 96.0 Å². The van der Waals surface area contributed by atoms with Crippen LogP contribution in [0.3, 0.4) is 0 Å². The number of carbonyl (C=O) groups is 10. The van der Waals surface area contributed by atoms with Crippen LogP contribution < -0.4 is 32.1 Å². The van der Waals surface area contributed by atoms with Gasteiger partial charge in [-0.1, -0.05) is 55.8 Å². The van der Waals surface area contributed by atoms with E-state index >= 15 is 4.39 Å². The first-order valence-electron chi connectivity index (χ1n) is 27.8. The van der Waals surface area contributed by atoms with Crippen molar-refractivity contribution in [2.75, 3.05) is 38.1 Å². The van der Waals surface area contributed by atoms with Crippen molar-refractivity contribution in [3.05, 3.63) is 140 Å². The molecule has 8 amide bonds. The Labute approximate surface area is 484 Å². The summed E-state index contributed by atoms with van der Waals surface area (Å²) in [6.07, 6.45) is 4.01. The molecule has 6 heterocycles. The van der Waals surface area contributed by atoms with Crippen molar-refractivity contribution in [3.63, 3.8) is 0 Å². The van der Waals surface area contributed by atoms with Crippen LogP contribution in [-0.2, 0) is 95.6 Å². The van der Waals surface area contributed by atoms with Crippen LogP contribution in [0.5, 0.6) is 0 Å². The Balaban J connectivity index is 0.677. The smallest absolute Gasteiger partial charge is 0.410 e. The average Bonchev–Trinajstić information content (AvgIpc) is 1.71. The standard InChI is InChI=1S/C60H60FN9O15/c1-3-60(82)39-23-44-54-37(27-69(44)57(79)38(39)30-84-58(60)80)53-41(18-17-36-32(2)40(61)24-42(66-54)52(36)53)67-56(78)45-28-70(45)59(81)85-29-34-13-15-35(16-14-34)64-47(72)25-63-55(77)43(22-33-10-6-4-7-11-33)65-48(73)31-83-51(76)26-62-46(71)12-8-5-9-21-68-49(74)19-20-50(68)75/h4,6-7,10-11,13-16,19-20,23-24,41,43,45,82H,3,5,8-9,12,17-18,21-22,25-31H2,1-2H3,(H,62,71)(H,63,77)(H,64,72)(H,65,73)(H,67,78)/t41-,43-,45-,60-,70?/m0/s1. The minimum Gasteiger partial charge on any atom is -0.458 e. The summed E-state index contributed by atoms with van der Waals surface area (Å²) in [4.78, 5) is 148. The molecule has 0 unspecified atom stereocenters. The Hall–Kier alpha value is -9.65. The van der Waals surface area contributed by atoms with Gasteiger partial charge in [-0.2, -0.15) is 0 Å². The van der Waals surface area contributed by atoms with Gasteiger partial charge in [0.25, 0.3) is 23.3 Å². The van der Waals surface area contributed by atoms with Gasteiger partial charge in [0.05, 0.1) is 48.1 Å². The number of aromatic nitrogens is 2. The van der Waals surface area contributed by atoms with Crippen LogP contribution in [0, 0.1) is 12.7 Å². The number of carbonyl (C=O) groups excluding carboxylic acids is 10. The van der Waals surface area contributed by atoms with Crippen LogP contribution in [0.2, 0.25) is 0 Å². The van der Waals surface area contributed by atoms with Crippen LogP contribution in [-0.4, -0.2) is 129 Å². The van der Waals surface area contributed by atoms with E-state index in [0.717, 1.165) is 10.5 Å². The zero-order valence-corrected chi connectivity index (χ0v) is 46.4. The minimum absolute atomic E-state index is 0.0271. The quantitative estimate of drug-likeness (QED) is 0.0187. The molecule has 25 heteroatoms. The lowest BCUT2D eigenvalue weighted by Gasteiger charge is -2.31. The van der Waals surface area contributed by atoms with Gasteiger partial charge in [0.15, 0.2) is 12.2 Å². The molecule has 24 nitrogen and oxygen atoms in total. The number of unbranched alkanes of at least 4 members (excludes halogenated alkanes) is 2. The molecule has 1 saturated heterocycles. The summed E-state index contributed by atoms with van der Waals surface area (Å²) >= 11 is 0. The van der Waals surface area contributed by atoms with Gasteiger partial charge in [0.2, 0.25) is 23.6 Å². The van der Waals surface area contributed by atoms with Crippen molar-refractivity contribution in [1.82, 2.24) is 40.6 Å². The molecule has 442 valence electrons. The van der Waals surface area contributed by atoms with Crippen molar-refractivity contribution in [3.8, 4) is 11.4 Å². The maximum atomic E-state index is 15.4. The second-order valence-electron chi connectivity index (χ2n) is 21.3. The number of rotatable bonds is 22. The number of hydrogen-bond acceptors (Lipinski definition) is 16. The highest BCUT2D eigenvalue weighted by molar-refractivity contribution is 6.13. The molecule has 4 atom stereocenters. The monoisotopic (exact) mass is 1170 g/mol. The van der Waals surface area contributed by atoms with Gasteiger partial charge in [-0.05, 0) is 85.0 Å². The number of cyclic esters (lactones) is 1. The van der Waals surface area contributed by atoms with Crippen LogP contribution in [0.4, 0.5) is 14.9 Å². The van der Waals surface area contributed by atoms with E-state index in [1.807, 2.05) is 0 Å². The molecule has 3 aromatic carbocycles. The first-order chi connectivity index (χ1) is 40.8. The number of halogens is 1. The minimum atomic E-state index is -2.05. The Kier molecular flexibility index (Phi) is 17.0. The summed E-state index contributed by atoms with van der Waals surface area (Å²) in [6.45, 7) is 1.41. The van der Waals surface area contributed by atoms with Gasteiger partial charge in [-0.15, -0.1) is 0 Å². The van der Waals surface area contributed by atoms with Crippen LogP contribution >= 0.6 is 0 Å². The topological polar surface area (TPSA) is 320 Å². The highest BCUT2D eigenvalue weighted by atomic mass is 19.1. The van der Waals surface area contributed by atoms with Crippen molar-refractivity contribution >= 4 is 76.0 Å². The Bertz CT molecular complexity index is 3680. The molecule has 5 aliphatic rings. The van der Waals surface area contributed by atoms with Gasteiger partial charge in [0.1, 0.15) is 37.7 Å². The molecule has 2 aromatic heterocycles. The van der Waals surface area contributed by atoms with E-state index in [1.54, 1.807) is 74.5 Å². The summed E-state index contributed by atoms with van der Waals surface area (Å²) in [7, 11) is 0. The number of aliphatic hydroxyl groups is 1. The number of nitrogens with zero attached hydrogens (tertiary/aromatic N) is 4. The number of esters is 2. The van der Waals surface area contributed by atoms with Crippen molar-refractivity contribution in [2.45, 2.75) is 109 Å². The number of fused-ring (bicyclic) bond motifs is 5. The summed E-state index contributed by atoms with van der Waals surface area (Å²) < 4.78 is 32.7. The molecule has 85 heavy (non-hydrogen) atoms. The predicted octanol–water partition coefficient (Wildman–Crippen LogP) is 2.58. The molecule has 10 rings (SSSR count). The van der Waals surface area contributed by atoms with Gasteiger partial charge < -0.3 is 50.5 Å². The van der Waals surface area contributed by atoms with Crippen molar-refractivity contribution in [2.24, 2.45) is 0 Å². The third kappa shape index (κ3) is 12.5. The first-order valence-corrected chi connectivity index (χ1v) is 27.8. The maximum Gasteiger partial charge on any atom is 0.410 e. The number of aryl methyl sites for hydroxylation is 1. The number of amides is 8. The zero-order chi connectivity index (χ0) is 60.3. The van der Waals surface area contributed by atoms with Gasteiger partial charge in [-0.25, -0.2) is 19.0 Å². The number of benzene rings is 3. The predicted molar refractivity (Wildman–Crippen MR) is 298 cm³/mol. The summed E-state index contributed by atoms with van der Waals surface area (Å²) in [5.74, 6) is -5.99. The number of hydrogen-bond donors (Lipinski definition) is 6. The molecular formula is C60H60FN9O15. The molecule has 5 aromatic rings. The normalized spacial score (nSPS) is 18.1. The third-order valence-corrected chi connectivity index (χ3v) is 15.8. The molecule has 0 radical (unpaired) electrons. The maximum absolute atomic E-state index is 15.4. The Morgan fingerprint density at radius 1 is 0.859 bits per heavy atom. The van der Waals surface area contributed by atoms with E-state index in [2.05, 4.69) is 26.6 Å². The summed E-state index contributed by atoms with van der Waals surface area (Å²) in [6, 6.07) is 15.3. The molecule has 6 N–H and O–H groups in total. The average molecular weight is 1170 g/mol. The van der Waals surface area contributed by atoms with E-state index in [1.165, 1.54) is 27.7 Å². The molecular weight excluding hydrogens is 1110 g/mol. The fraction of sp³-hybridized carbons (Fsp3) is 0.367. The summed E-state index contributed by atoms with van der Waals surface area (Å²) in [5.41, 5.74) is 2.82. The van der Waals surface area contributed by atoms with Crippen LogP contribution in [0.25, 0.3) is 22.3 Å². The molecule has 1 aliphatic carbocycles. The number of imide groups is 1. The van der Waals surface area contributed by atoms with E-state index in [9.17, 15) is 57.8 Å². The fourth-order valence-corrected chi connectivity index (χ4v) is 11.1. The molecule has 0 spiro atoms. The number of ether oxygens (including phenoxy) is 3. The number of anilines is 1. The SMILES string of the molecule is CC[C@@]1(O)C(=O)OCc2c1cc1n(c2=O)Cc2c-1nc1cc(F)c(C)c3c1c2[C@@H](NC(=O)[C@@H]1CN1C(=O)OCc1ccc(NC(=O)CNC(=O)[C@H](Cc2ccccc2)NC(=O)COC(=O)CNC(=O)CCCCCN2C(=O)C=CC2=O)cc1)CC3. The second-order valence-corrected chi connectivity index (χ2v) is 21.3. The lowest BCUT2D eigenvalue weighted by molar-refractivity contribution is -0.172. The first kappa shape index (κ1) is 58.5. The molecule has 0 saturated carbocycles. The van der Waals surface area contributed by atoms with E-state index in [4.69, 9.17) is 19.2 Å². The van der Waals surface area contributed by atoms with E-state index in [-0.39, 0.29) is 75.1 Å². The highest BCUT2D eigenvalue weighted by Crippen LogP contribution is 2.46. The van der Waals surface area contributed by atoms with Crippen LogP contribution in [0.15, 0.2) is 83.7 Å². The van der Waals surface area contributed by atoms with Crippen molar-refractivity contribution in [1.29, 1.82) is 0 Å². The van der Waals surface area contributed by atoms with Crippen molar-refractivity contribution < 1.29 is 71.7 Å². The molecule has 1 fully saturated rings. The van der Waals surface area contributed by atoms with Gasteiger partial charge in [-0.3, -0.25) is 53.0 Å². The molecule has 4 aliphatic heterocycles. The third-order valence-electron chi connectivity index (χ3n) is 15.8. The Morgan fingerprint density at radius 2 is 1.61 bits per heavy atom. The second kappa shape index (κ2) is 24.7. The number of pyridine rings is 2. The van der Waals surface area contributed by atoms with Gasteiger partial charge >= 0.3 is 18.0 Å².